The van der Waals surface area contributed by atoms with Crippen LogP contribution >= 0.6 is 0 Å². The van der Waals surface area contributed by atoms with Gasteiger partial charge in [-0.05, 0) is 6.42 Å². The molecule has 18 heavy (non-hydrogen) atoms. The van der Waals surface area contributed by atoms with Crippen LogP contribution in [0.1, 0.15) is 6.42 Å². The molecule has 0 amide bonds. The van der Waals surface area contributed by atoms with Crippen molar-refractivity contribution < 1.29 is 8.42 Å². The van der Waals surface area contributed by atoms with Crippen LogP contribution in [-0.4, -0.2) is 34.5 Å². The Morgan fingerprint density at radius 1 is 1.28 bits per heavy atom. The molecule has 0 aromatic carbocycles. The highest BCUT2D eigenvalue weighted by Gasteiger charge is 2.30. The fourth-order valence-corrected chi connectivity index (χ4v) is 3.58. The van der Waals surface area contributed by atoms with Crippen molar-refractivity contribution in [3.63, 3.8) is 0 Å². The maximum atomic E-state index is 12.5. The molecule has 0 aliphatic carbocycles. The highest BCUT2D eigenvalue weighted by atomic mass is 32.2. The van der Waals surface area contributed by atoms with E-state index in [1.54, 1.807) is 24.0 Å². The second kappa shape index (κ2) is 3.84. The molecule has 0 saturated heterocycles. The zero-order valence-electron chi connectivity index (χ0n) is 9.89. The average Bonchev–Trinajstić information content (AvgIpc) is 2.96. The maximum absolute atomic E-state index is 12.5. The van der Waals surface area contributed by atoms with Gasteiger partial charge in [-0.3, -0.25) is 4.68 Å². The average molecular weight is 267 g/mol. The lowest BCUT2D eigenvalue weighted by Crippen LogP contribution is -2.37. The summed E-state index contributed by atoms with van der Waals surface area (Å²) in [5.41, 5.74) is 0. The van der Waals surface area contributed by atoms with E-state index in [9.17, 15) is 8.42 Å². The third-order valence-corrected chi connectivity index (χ3v) is 4.71. The zero-order chi connectivity index (χ0) is 12.8. The Bertz CT molecular complexity index is 672. The Morgan fingerprint density at radius 3 is 2.83 bits per heavy atom. The van der Waals surface area contributed by atoms with Gasteiger partial charge < -0.3 is 0 Å². The Labute approximate surface area is 105 Å². The molecule has 0 fully saturated rings. The van der Waals surface area contributed by atoms with Crippen molar-refractivity contribution >= 4 is 15.8 Å². The fraction of sp³-hybridized carbons (Fsp3) is 0.400. The number of nitrogens with zero attached hydrogens (tertiary/aromatic N) is 5. The quantitative estimate of drug-likeness (QED) is 0.780. The van der Waals surface area contributed by atoms with Crippen LogP contribution in [0.5, 0.6) is 0 Å². The summed E-state index contributed by atoms with van der Waals surface area (Å²) in [5, 5.41) is 8.02. The fourth-order valence-electron chi connectivity index (χ4n) is 2.09. The van der Waals surface area contributed by atoms with E-state index >= 15 is 0 Å². The van der Waals surface area contributed by atoms with E-state index in [0.717, 1.165) is 13.0 Å². The normalized spacial score (nSPS) is 15.7. The first-order chi connectivity index (χ1) is 8.59. The number of hydrogen-bond donors (Lipinski definition) is 0. The van der Waals surface area contributed by atoms with Gasteiger partial charge in [0.15, 0.2) is 0 Å². The van der Waals surface area contributed by atoms with Crippen molar-refractivity contribution in [3.05, 3.63) is 24.7 Å². The number of fused-ring (bicyclic) bond motifs is 1. The second-order valence-electron chi connectivity index (χ2n) is 4.19. The van der Waals surface area contributed by atoms with Crippen LogP contribution in [0.25, 0.3) is 0 Å². The SMILES string of the molecule is Cn1cc(S(=O)(=O)N2CCCn3nccc32)cn1. The van der Waals surface area contributed by atoms with E-state index in [-0.39, 0.29) is 4.90 Å². The molecule has 7 nitrogen and oxygen atoms in total. The van der Waals surface area contributed by atoms with Crippen molar-refractivity contribution in [2.45, 2.75) is 17.9 Å². The highest BCUT2D eigenvalue weighted by molar-refractivity contribution is 7.92. The molecule has 2 aromatic heterocycles. The number of aromatic nitrogens is 4. The van der Waals surface area contributed by atoms with Crippen molar-refractivity contribution in [2.24, 2.45) is 7.05 Å². The molecule has 0 spiro atoms. The maximum Gasteiger partial charge on any atom is 0.268 e. The van der Waals surface area contributed by atoms with Crippen LogP contribution < -0.4 is 4.31 Å². The van der Waals surface area contributed by atoms with Gasteiger partial charge in [-0.25, -0.2) is 17.4 Å². The molecule has 3 heterocycles. The number of anilines is 1. The Kier molecular flexibility index (Phi) is 2.40. The van der Waals surface area contributed by atoms with Crippen molar-refractivity contribution in [2.75, 3.05) is 10.8 Å². The molecule has 1 aliphatic rings. The molecular formula is C10H13N5O2S. The lowest BCUT2D eigenvalue weighted by atomic mass is 10.3. The predicted octanol–water partition coefficient (Wildman–Crippen LogP) is 0.216. The summed E-state index contributed by atoms with van der Waals surface area (Å²) in [6.45, 7) is 1.23. The van der Waals surface area contributed by atoms with Gasteiger partial charge in [-0.1, -0.05) is 0 Å². The molecule has 0 radical (unpaired) electrons. The van der Waals surface area contributed by atoms with Crippen LogP contribution in [0.3, 0.4) is 0 Å². The van der Waals surface area contributed by atoms with Crippen LogP contribution in [0.2, 0.25) is 0 Å². The molecule has 0 unspecified atom stereocenters. The summed E-state index contributed by atoms with van der Waals surface area (Å²) in [4.78, 5) is 0.208. The molecule has 0 N–H and O–H groups in total. The van der Waals surface area contributed by atoms with E-state index < -0.39 is 10.0 Å². The van der Waals surface area contributed by atoms with Crippen molar-refractivity contribution in [1.29, 1.82) is 0 Å². The highest BCUT2D eigenvalue weighted by Crippen LogP contribution is 2.26. The first-order valence-electron chi connectivity index (χ1n) is 5.62. The minimum atomic E-state index is -3.54. The third kappa shape index (κ3) is 1.60. The monoisotopic (exact) mass is 267 g/mol. The van der Waals surface area contributed by atoms with Crippen LogP contribution in [0.15, 0.2) is 29.6 Å². The number of hydrogen-bond acceptors (Lipinski definition) is 4. The summed E-state index contributed by atoms with van der Waals surface area (Å²) >= 11 is 0. The van der Waals surface area contributed by atoms with E-state index in [4.69, 9.17) is 0 Å². The van der Waals surface area contributed by atoms with Crippen molar-refractivity contribution in [1.82, 2.24) is 19.6 Å². The molecule has 1 aliphatic heterocycles. The largest absolute Gasteiger partial charge is 0.274 e. The van der Waals surface area contributed by atoms with Gasteiger partial charge in [-0.15, -0.1) is 0 Å². The van der Waals surface area contributed by atoms with Crippen LogP contribution in [0, 0.1) is 0 Å². The minimum absolute atomic E-state index is 0.208. The second-order valence-corrected chi connectivity index (χ2v) is 6.06. The van der Waals surface area contributed by atoms with Gasteiger partial charge >= 0.3 is 0 Å². The number of sulfonamides is 1. The van der Waals surface area contributed by atoms with Gasteiger partial charge in [0.05, 0.1) is 12.4 Å². The van der Waals surface area contributed by atoms with Gasteiger partial charge in [0.2, 0.25) is 0 Å². The Balaban J connectivity index is 2.07. The summed E-state index contributed by atoms with van der Waals surface area (Å²) in [7, 11) is -1.84. The smallest absolute Gasteiger partial charge is 0.268 e. The lowest BCUT2D eigenvalue weighted by molar-refractivity contribution is 0.532. The van der Waals surface area contributed by atoms with Gasteiger partial charge in [0.25, 0.3) is 10.0 Å². The number of aryl methyl sites for hydroxylation is 2. The molecule has 0 saturated carbocycles. The van der Waals surface area contributed by atoms with Gasteiger partial charge in [0, 0.05) is 32.4 Å². The molecule has 0 atom stereocenters. The van der Waals surface area contributed by atoms with Crippen molar-refractivity contribution in [3.8, 4) is 0 Å². The zero-order valence-corrected chi connectivity index (χ0v) is 10.7. The number of rotatable bonds is 2. The Hall–Kier alpha value is -1.83. The molecule has 3 rings (SSSR count). The summed E-state index contributed by atoms with van der Waals surface area (Å²) in [6.07, 6.45) is 5.25. The predicted molar refractivity (Wildman–Crippen MR) is 64.6 cm³/mol. The molecule has 96 valence electrons. The third-order valence-electron chi connectivity index (χ3n) is 2.95. The summed E-state index contributed by atoms with van der Waals surface area (Å²) in [5.74, 6) is 0.616. The summed E-state index contributed by atoms with van der Waals surface area (Å²) in [6, 6.07) is 1.72. The van der Waals surface area contributed by atoms with E-state index in [1.165, 1.54) is 21.4 Å². The molecule has 0 bridgehead atoms. The summed E-state index contributed by atoms with van der Waals surface area (Å²) < 4.78 is 29.6. The van der Waals surface area contributed by atoms with Gasteiger partial charge in [0.1, 0.15) is 10.7 Å². The van der Waals surface area contributed by atoms with E-state index in [2.05, 4.69) is 10.2 Å². The minimum Gasteiger partial charge on any atom is -0.274 e. The molecule has 8 heteroatoms. The first kappa shape index (κ1) is 11.3. The topological polar surface area (TPSA) is 73.0 Å². The molecule has 2 aromatic rings. The van der Waals surface area contributed by atoms with E-state index in [1.807, 2.05) is 0 Å². The first-order valence-corrected chi connectivity index (χ1v) is 7.06. The lowest BCUT2D eigenvalue weighted by Gasteiger charge is -2.28. The van der Waals surface area contributed by atoms with Gasteiger partial charge in [-0.2, -0.15) is 10.2 Å². The van der Waals surface area contributed by atoms with Crippen LogP contribution in [-0.2, 0) is 23.6 Å². The van der Waals surface area contributed by atoms with Crippen LogP contribution in [0.4, 0.5) is 5.82 Å². The van der Waals surface area contributed by atoms with E-state index in [0.29, 0.717) is 12.4 Å². The molecular weight excluding hydrogens is 254 g/mol. The Morgan fingerprint density at radius 2 is 2.11 bits per heavy atom. The standard InChI is InChI=1S/C10H13N5O2S/c1-13-8-9(7-12-13)18(16,17)15-6-2-5-14-10(15)3-4-11-14/h3-4,7-8H,2,5-6H2,1H3.